The lowest BCUT2D eigenvalue weighted by molar-refractivity contribution is 0.0774. The lowest BCUT2D eigenvalue weighted by atomic mass is 10.2. The molecule has 23 heavy (non-hydrogen) atoms. The number of benzene rings is 1. The summed E-state index contributed by atoms with van der Waals surface area (Å²) in [4.78, 5) is 23.4. The van der Waals surface area contributed by atoms with Gasteiger partial charge in [0.2, 0.25) is 0 Å². The van der Waals surface area contributed by atoms with Crippen molar-refractivity contribution in [3.8, 4) is 0 Å². The minimum Gasteiger partial charge on any atom is -0.379 e. The molecule has 0 saturated carbocycles. The first-order valence-electron chi connectivity index (χ1n) is 7.66. The number of nitrogens with one attached hydrogen (secondary N) is 3. The van der Waals surface area contributed by atoms with E-state index in [4.69, 9.17) is 4.74 Å². The van der Waals surface area contributed by atoms with Crippen molar-refractivity contribution in [3.63, 3.8) is 0 Å². The molecule has 7 heteroatoms. The van der Waals surface area contributed by atoms with Crippen molar-refractivity contribution in [1.29, 1.82) is 0 Å². The zero-order valence-electron chi connectivity index (χ0n) is 13.5. The molecule has 0 atom stereocenters. The fraction of sp³-hybridized carbons (Fsp3) is 0.500. The van der Waals surface area contributed by atoms with Gasteiger partial charge < -0.3 is 20.7 Å². The first-order valence-corrected chi connectivity index (χ1v) is 8.45. The van der Waals surface area contributed by atoms with E-state index in [2.05, 4.69) is 31.9 Å². The van der Waals surface area contributed by atoms with Crippen molar-refractivity contribution < 1.29 is 14.3 Å². The standard InChI is InChI=1S/C16H24BrN3O3/c1-12(2)23-10-4-7-19-16(22)20-9-8-18-15(21)13-5-3-6-14(17)11-13/h3,5-6,11-12H,4,7-10H2,1-2H3,(H,18,21)(H2,19,20,22). The molecule has 0 aliphatic rings. The van der Waals surface area contributed by atoms with Gasteiger partial charge in [0.05, 0.1) is 6.10 Å². The van der Waals surface area contributed by atoms with Gasteiger partial charge in [-0.25, -0.2) is 4.79 Å². The Morgan fingerprint density at radius 2 is 1.83 bits per heavy atom. The Morgan fingerprint density at radius 1 is 1.13 bits per heavy atom. The van der Waals surface area contributed by atoms with Crippen LogP contribution in [0, 0.1) is 0 Å². The van der Waals surface area contributed by atoms with Gasteiger partial charge in [0.15, 0.2) is 0 Å². The highest BCUT2D eigenvalue weighted by Crippen LogP contribution is 2.11. The Hall–Kier alpha value is -1.60. The van der Waals surface area contributed by atoms with Gasteiger partial charge in [-0.3, -0.25) is 4.79 Å². The average Bonchev–Trinajstić information content (AvgIpc) is 2.50. The first-order chi connectivity index (χ1) is 11.0. The Morgan fingerprint density at radius 3 is 2.52 bits per heavy atom. The lowest BCUT2D eigenvalue weighted by Gasteiger charge is -2.10. The van der Waals surface area contributed by atoms with E-state index < -0.39 is 0 Å². The average molecular weight is 386 g/mol. The van der Waals surface area contributed by atoms with Crippen LogP contribution >= 0.6 is 15.9 Å². The van der Waals surface area contributed by atoms with Gasteiger partial charge in [0, 0.05) is 36.3 Å². The molecule has 3 N–H and O–H groups in total. The van der Waals surface area contributed by atoms with Crippen LogP contribution in [0.15, 0.2) is 28.7 Å². The molecule has 0 radical (unpaired) electrons. The molecule has 128 valence electrons. The van der Waals surface area contributed by atoms with Crippen LogP contribution in [0.5, 0.6) is 0 Å². The van der Waals surface area contributed by atoms with E-state index in [0.29, 0.717) is 31.8 Å². The van der Waals surface area contributed by atoms with Gasteiger partial charge in [0.1, 0.15) is 0 Å². The molecular weight excluding hydrogens is 362 g/mol. The SMILES string of the molecule is CC(C)OCCCNC(=O)NCCNC(=O)c1cccc(Br)c1. The van der Waals surface area contributed by atoms with Gasteiger partial charge in [-0.1, -0.05) is 22.0 Å². The molecule has 0 unspecified atom stereocenters. The normalized spacial score (nSPS) is 10.4. The third-order valence-corrected chi connectivity index (χ3v) is 3.33. The minimum absolute atomic E-state index is 0.167. The fourth-order valence-electron chi connectivity index (χ4n) is 1.74. The van der Waals surface area contributed by atoms with Crippen LogP contribution in [-0.2, 0) is 4.74 Å². The Balaban J connectivity index is 2.08. The predicted octanol–water partition coefficient (Wildman–Crippen LogP) is 2.29. The number of urea groups is 1. The van der Waals surface area contributed by atoms with Gasteiger partial charge in [-0.05, 0) is 38.5 Å². The van der Waals surface area contributed by atoms with Crippen LogP contribution in [0.1, 0.15) is 30.6 Å². The molecule has 0 heterocycles. The number of hydrogen-bond acceptors (Lipinski definition) is 3. The minimum atomic E-state index is -0.244. The maximum Gasteiger partial charge on any atom is 0.314 e. The quantitative estimate of drug-likeness (QED) is 0.570. The van der Waals surface area contributed by atoms with Gasteiger partial charge in [0.25, 0.3) is 5.91 Å². The summed E-state index contributed by atoms with van der Waals surface area (Å²) in [5.74, 6) is -0.167. The van der Waals surface area contributed by atoms with Crippen LogP contribution < -0.4 is 16.0 Å². The topological polar surface area (TPSA) is 79.5 Å². The van der Waals surface area contributed by atoms with E-state index >= 15 is 0 Å². The second kappa shape index (κ2) is 11.0. The highest BCUT2D eigenvalue weighted by molar-refractivity contribution is 9.10. The number of ether oxygens (including phenoxy) is 1. The summed E-state index contributed by atoms with van der Waals surface area (Å²) in [6.45, 7) is 5.87. The third-order valence-electron chi connectivity index (χ3n) is 2.84. The van der Waals surface area contributed by atoms with Gasteiger partial charge in [-0.2, -0.15) is 0 Å². The summed E-state index contributed by atoms with van der Waals surface area (Å²) in [6, 6.07) is 6.89. The monoisotopic (exact) mass is 385 g/mol. The van der Waals surface area contributed by atoms with Gasteiger partial charge >= 0.3 is 6.03 Å². The number of hydrogen-bond donors (Lipinski definition) is 3. The first kappa shape index (κ1) is 19.4. The molecule has 0 aliphatic carbocycles. The molecule has 1 aromatic rings. The molecule has 1 rings (SSSR count). The third kappa shape index (κ3) is 9.20. The van der Waals surface area contributed by atoms with Crippen LogP contribution in [0.2, 0.25) is 0 Å². The zero-order valence-corrected chi connectivity index (χ0v) is 15.1. The molecular formula is C16H24BrN3O3. The van der Waals surface area contributed by atoms with E-state index in [-0.39, 0.29) is 18.0 Å². The summed E-state index contributed by atoms with van der Waals surface area (Å²) in [5.41, 5.74) is 0.578. The van der Waals surface area contributed by atoms with Crippen molar-refractivity contribution in [1.82, 2.24) is 16.0 Å². The molecule has 0 aromatic heterocycles. The number of carbonyl (C=O) groups is 2. The second-order valence-electron chi connectivity index (χ2n) is 5.22. The van der Waals surface area contributed by atoms with E-state index in [1.165, 1.54) is 0 Å². The van der Waals surface area contributed by atoms with E-state index in [1.807, 2.05) is 19.9 Å². The molecule has 0 aliphatic heterocycles. The summed E-state index contributed by atoms with van der Waals surface area (Å²) >= 11 is 3.32. The second-order valence-corrected chi connectivity index (χ2v) is 6.14. The molecule has 0 saturated heterocycles. The summed E-state index contributed by atoms with van der Waals surface area (Å²) < 4.78 is 6.23. The smallest absolute Gasteiger partial charge is 0.314 e. The number of amides is 3. The molecule has 0 spiro atoms. The molecule has 0 fully saturated rings. The van der Waals surface area contributed by atoms with Crippen molar-refractivity contribution in [3.05, 3.63) is 34.3 Å². The zero-order chi connectivity index (χ0) is 17.1. The van der Waals surface area contributed by atoms with E-state index in [1.54, 1.807) is 18.2 Å². The van der Waals surface area contributed by atoms with Crippen molar-refractivity contribution in [2.45, 2.75) is 26.4 Å². The molecule has 6 nitrogen and oxygen atoms in total. The summed E-state index contributed by atoms with van der Waals surface area (Å²) in [5, 5.41) is 8.17. The number of rotatable bonds is 9. The molecule has 3 amide bonds. The highest BCUT2D eigenvalue weighted by atomic mass is 79.9. The summed E-state index contributed by atoms with van der Waals surface area (Å²) in [6.07, 6.45) is 0.975. The van der Waals surface area contributed by atoms with Crippen LogP contribution in [-0.4, -0.2) is 44.3 Å². The Kier molecular flexibility index (Phi) is 9.31. The van der Waals surface area contributed by atoms with Crippen molar-refractivity contribution in [2.75, 3.05) is 26.2 Å². The highest BCUT2D eigenvalue weighted by Gasteiger charge is 2.05. The fourth-order valence-corrected chi connectivity index (χ4v) is 2.14. The van der Waals surface area contributed by atoms with Crippen molar-refractivity contribution >= 4 is 27.9 Å². The van der Waals surface area contributed by atoms with Crippen LogP contribution in [0.3, 0.4) is 0 Å². The van der Waals surface area contributed by atoms with Crippen LogP contribution in [0.25, 0.3) is 0 Å². The Bertz CT molecular complexity index is 509. The van der Waals surface area contributed by atoms with E-state index in [0.717, 1.165) is 10.9 Å². The van der Waals surface area contributed by atoms with E-state index in [9.17, 15) is 9.59 Å². The maximum absolute atomic E-state index is 11.9. The number of halogens is 1. The summed E-state index contributed by atoms with van der Waals surface area (Å²) in [7, 11) is 0. The predicted molar refractivity (Wildman–Crippen MR) is 93.6 cm³/mol. The Labute approximate surface area is 145 Å². The lowest BCUT2D eigenvalue weighted by Crippen LogP contribution is -2.40. The molecule has 1 aromatic carbocycles. The molecule has 0 bridgehead atoms. The van der Waals surface area contributed by atoms with Crippen molar-refractivity contribution in [2.24, 2.45) is 0 Å². The maximum atomic E-state index is 11.9. The van der Waals surface area contributed by atoms with Crippen LogP contribution in [0.4, 0.5) is 4.79 Å². The van der Waals surface area contributed by atoms with Gasteiger partial charge in [-0.15, -0.1) is 0 Å². The number of carbonyl (C=O) groups excluding carboxylic acids is 2. The largest absolute Gasteiger partial charge is 0.379 e.